The minimum atomic E-state index is -0.258. The second-order valence-electron chi connectivity index (χ2n) is 4.60. The molecule has 1 aliphatic heterocycles. The highest BCUT2D eigenvalue weighted by Crippen LogP contribution is 2.28. The van der Waals surface area contributed by atoms with Crippen molar-refractivity contribution in [2.24, 2.45) is 16.3 Å². The van der Waals surface area contributed by atoms with Gasteiger partial charge in [-0.1, -0.05) is 19.0 Å². The number of rotatable bonds is 2. The van der Waals surface area contributed by atoms with Crippen LogP contribution in [0.25, 0.3) is 0 Å². The van der Waals surface area contributed by atoms with E-state index in [1.165, 1.54) is 0 Å². The lowest BCUT2D eigenvalue weighted by Crippen LogP contribution is -2.50. The first-order valence-electron chi connectivity index (χ1n) is 4.82. The molecule has 4 N–H and O–H groups in total. The van der Waals surface area contributed by atoms with Gasteiger partial charge in [0.05, 0.1) is 12.6 Å². The largest absolute Gasteiger partial charge is 0.409 e. The molecule has 0 aromatic heterocycles. The van der Waals surface area contributed by atoms with Gasteiger partial charge >= 0.3 is 0 Å². The molecule has 1 atom stereocenters. The Morgan fingerprint density at radius 1 is 1.64 bits per heavy atom. The van der Waals surface area contributed by atoms with Crippen LogP contribution in [-0.4, -0.2) is 46.8 Å². The molecular formula is C9H19N3O2. The molecule has 1 rings (SSSR count). The minimum absolute atomic E-state index is 0.117. The summed E-state index contributed by atoms with van der Waals surface area (Å²) < 4.78 is 0. The van der Waals surface area contributed by atoms with Gasteiger partial charge in [-0.25, -0.2) is 0 Å². The fraction of sp³-hybridized carbons (Fsp3) is 0.889. The fourth-order valence-corrected chi connectivity index (χ4v) is 1.85. The summed E-state index contributed by atoms with van der Waals surface area (Å²) in [6.45, 7) is 6.07. The van der Waals surface area contributed by atoms with Gasteiger partial charge in [0, 0.05) is 18.5 Å². The van der Waals surface area contributed by atoms with Gasteiger partial charge < -0.3 is 16.0 Å². The summed E-state index contributed by atoms with van der Waals surface area (Å²) in [4.78, 5) is 2.09. The van der Waals surface area contributed by atoms with Crippen LogP contribution in [0.5, 0.6) is 0 Å². The zero-order valence-corrected chi connectivity index (χ0v) is 8.77. The van der Waals surface area contributed by atoms with Crippen LogP contribution in [0.2, 0.25) is 0 Å². The van der Waals surface area contributed by atoms with E-state index in [4.69, 9.17) is 10.9 Å². The van der Waals surface area contributed by atoms with Crippen LogP contribution in [0, 0.1) is 5.41 Å². The van der Waals surface area contributed by atoms with E-state index >= 15 is 0 Å². The molecule has 0 aliphatic carbocycles. The van der Waals surface area contributed by atoms with Gasteiger partial charge in [-0.05, 0) is 6.42 Å². The summed E-state index contributed by atoms with van der Waals surface area (Å²) in [5.41, 5.74) is 5.31. The Morgan fingerprint density at radius 2 is 2.29 bits per heavy atom. The minimum Gasteiger partial charge on any atom is -0.409 e. The van der Waals surface area contributed by atoms with Crippen LogP contribution in [0.3, 0.4) is 0 Å². The van der Waals surface area contributed by atoms with E-state index in [2.05, 4.69) is 10.1 Å². The van der Waals surface area contributed by atoms with E-state index in [1.807, 2.05) is 13.8 Å². The number of hydrogen-bond acceptors (Lipinski definition) is 4. The summed E-state index contributed by atoms with van der Waals surface area (Å²) in [5, 5.41) is 21.1. The first kappa shape index (κ1) is 11.3. The summed E-state index contributed by atoms with van der Waals surface area (Å²) in [6.07, 6.45) is 0.483. The second-order valence-corrected chi connectivity index (χ2v) is 4.60. The van der Waals surface area contributed by atoms with Crippen molar-refractivity contribution in [1.82, 2.24) is 4.90 Å². The zero-order chi connectivity index (χ0) is 10.8. The number of nitrogens with zero attached hydrogens (tertiary/aromatic N) is 2. The lowest BCUT2D eigenvalue weighted by atomic mass is 9.81. The van der Waals surface area contributed by atoms with E-state index in [1.54, 1.807) is 0 Å². The third-order valence-corrected chi connectivity index (χ3v) is 2.77. The summed E-state index contributed by atoms with van der Waals surface area (Å²) in [6, 6.07) is 0. The Kier molecular flexibility index (Phi) is 3.34. The van der Waals surface area contributed by atoms with E-state index < -0.39 is 0 Å². The van der Waals surface area contributed by atoms with Crippen LogP contribution >= 0.6 is 0 Å². The van der Waals surface area contributed by atoms with Crippen LogP contribution in [0.1, 0.15) is 20.3 Å². The number of oxime groups is 1. The smallest absolute Gasteiger partial charge is 0.153 e. The fourth-order valence-electron chi connectivity index (χ4n) is 1.85. The molecule has 0 spiro atoms. The summed E-state index contributed by atoms with van der Waals surface area (Å²) in [5.74, 6) is 0.220. The molecule has 82 valence electrons. The van der Waals surface area contributed by atoms with Crippen molar-refractivity contribution in [3.8, 4) is 0 Å². The Morgan fingerprint density at radius 3 is 2.79 bits per heavy atom. The molecule has 5 nitrogen and oxygen atoms in total. The molecule has 14 heavy (non-hydrogen) atoms. The van der Waals surface area contributed by atoms with Crippen molar-refractivity contribution < 1.29 is 10.3 Å². The SMILES string of the molecule is CC1(C)CN(C/C(N)=N/O)CCC1O. The van der Waals surface area contributed by atoms with Crippen molar-refractivity contribution in [2.45, 2.75) is 26.4 Å². The maximum atomic E-state index is 9.71. The standard InChI is InChI=1S/C9H19N3O2/c1-9(2)6-12(4-3-7(9)13)5-8(10)11-14/h7,13-14H,3-6H2,1-2H3,(H2,10,11). The number of amidine groups is 1. The summed E-state index contributed by atoms with van der Waals surface area (Å²) >= 11 is 0. The van der Waals surface area contributed by atoms with Crippen molar-refractivity contribution in [1.29, 1.82) is 0 Å². The molecule has 0 saturated carbocycles. The first-order chi connectivity index (χ1) is 6.45. The van der Waals surface area contributed by atoms with E-state index in [0.717, 1.165) is 19.5 Å². The van der Waals surface area contributed by atoms with Gasteiger partial charge in [0.15, 0.2) is 5.84 Å². The van der Waals surface area contributed by atoms with Crippen molar-refractivity contribution in [3.63, 3.8) is 0 Å². The van der Waals surface area contributed by atoms with E-state index in [0.29, 0.717) is 6.54 Å². The van der Waals surface area contributed by atoms with Gasteiger partial charge in [0.25, 0.3) is 0 Å². The Labute approximate surface area is 84.2 Å². The molecular weight excluding hydrogens is 182 g/mol. The molecule has 0 bridgehead atoms. The Balaban J connectivity index is 2.52. The monoisotopic (exact) mass is 201 g/mol. The summed E-state index contributed by atoms with van der Waals surface area (Å²) in [7, 11) is 0. The Bertz CT molecular complexity index is 228. The van der Waals surface area contributed by atoms with Gasteiger partial charge in [0.1, 0.15) is 0 Å². The van der Waals surface area contributed by atoms with Crippen LogP contribution in [-0.2, 0) is 0 Å². The van der Waals surface area contributed by atoms with Crippen molar-refractivity contribution in [3.05, 3.63) is 0 Å². The van der Waals surface area contributed by atoms with Crippen LogP contribution in [0.4, 0.5) is 0 Å². The predicted molar refractivity (Wildman–Crippen MR) is 54.3 cm³/mol. The second kappa shape index (κ2) is 4.14. The maximum absolute atomic E-state index is 9.71. The number of aliphatic hydroxyl groups is 1. The average Bonchev–Trinajstić information content (AvgIpc) is 2.11. The quantitative estimate of drug-likeness (QED) is 0.251. The predicted octanol–water partition coefficient (Wildman–Crippen LogP) is -0.174. The lowest BCUT2D eigenvalue weighted by molar-refractivity contribution is -0.0197. The third kappa shape index (κ3) is 2.59. The third-order valence-electron chi connectivity index (χ3n) is 2.77. The van der Waals surface area contributed by atoms with Gasteiger partial charge in [-0.3, -0.25) is 4.90 Å². The average molecular weight is 201 g/mol. The maximum Gasteiger partial charge on any atom is 0.153 e. The normalized spacial score (nSPS) is 29.1. The van der Waals surface area contributed by atoms with Crippen molar-refractivity contribution in [2.75, 3.05) is 19.6 Å². The number of likely N-dealkylation sites (tertiary alicyclic amines) is 1. The molecule has 1 heterocycles. The van der Waals surface area contributed by atoms with Gasteiger partial charge in [-0.2, -0.15) is 0 Å². The highest BCUT2D eigenvalue weighted by Gasteiger charge is 2.34. The Hall–Kier alpha value is -0.810. The topological polar surface area (TPSA) is 82.1 Å². The molecule has 0 radical (unpaired) electrons. The molecule has 0 amide bonds. The molecule has 1 saturated heterocycles. The molecule has 0 aromatic rings. The number of piperidine rings is 1. The van der Waals surface area contributed by atoms with Gasteiger partial charge in [-0.15, -0.1) is 0 Å². The zero-order valence-electron chi connectivity index (χ0n) is 8.77. The molecule has 1 aliphatic rings. The van der Waals surface area contributed by atoms with Crippen LogP contribution < -0.4 is 5.73 Å². The highest BCUT2D eigenvalue weighted by molar-refractivity contribution is 5.81. The molecule has 0 aromatic carbocycles. The highest BCUT2D eigenvalue weighted by atomic mass is 16.4. The van der Waals surface area contributed by atoms with E-state index in [-0.39, 0.29) is 17.4 Å². The van der Waals surface area contributed by atoms with Crippen molar-refractivity contribution >= 4 is 5.84 Å². The number of nitrogens with two attached hydrogens (primary N) is 1. The first-order valence-corrected chi connectivity index (χ1v) is 4.82. The van der Waals surface area contributed by atoms with Gasteiger partial charge in [0.2, 0.25) is 0 Å². The van der Waals surface area contributed by atoms with E-state index in [9.17, 15) is 5.11 Å². The molecule has 5 heteroatoms. The van der Waals surface area contributed by atoms with Crippen LogP contribution in [0.15, 0.2) is 5.16 Å². The lowest BCUT2D eigenvalue weighted by Gasteiger charge is -2.41. The number of hydrogen-bond donors (Lipinski definition) is 3. The molecule has 1 unspecified atom stereocenters. The number of aliphatic hydroxyl groups excluding tert-OH is 1. The molecule has 1 fully saturated rings.